The molecule has 2 N–H and O–H groups in total. The fourth-order valence-corrected chi connectivity index (χ4v) is 1.71. The summed E-state index contributed by atoms with van der Waals surface area (Å²) in [7, 11) is 0. The predicted molar refractivity (Wildman–Crippen MR) is 60.4 cm³/mol. The van der Waals surface area contributed by atoms with Gasteiger partial charge in [0.05, 0.1) is 0 Å². The van der Waals surface area contributed by atoms with Gasteiger partial charge in [-0.1, -0.05) is 31.1 Å². The highest BCUT2D eigenvalue weighted by molar-refractivity contribution is 5.66. The van der Waals surface area contributed by atoms with Crippen LogP contribution in [-0.4, -0.2) is 5.16 Å². The second-order valence-corrected chi connectivity index (χ2v) is 3.98. The van der Waals surface area contributed by atoms with E-state index in [1.165, 1.54) is 12.1 Å². The van der Waals surface area contributed by atoms with Gasteiger partial charge in [0, 0.05) is 11.1 Å². The Bertz CT molecular complexity index is 505. The van der Waals surface area contributed by atoms with Crippen molar-refractivity contribution < 1.29 is 8.91 Å². The van der Waals surface area contributed by atoms with Crippen LogP contribution in [0, 0.1) is 5.82 Å². The summed E-state index contributed by atoms with van der Waals surface area (Å²) in [5, 5.41) is 3.72. The summed E-state index contributed by atoms with van der Waals surface area (Å²) in [6.45, 7) is 3.98. The SMILES string of the molecule is CC(C)c1c(N)noc1-c1cccc(F)c1. The van der Waals surface area contributed by atoms with E-state index in [9.17, 15) is 4.39 Å². The molecular formula is C12H13FN2O. The van der Waals surface area contributed by atoms with E-state index in [1.54, 1.807) is 12.1 Å². The highest BCUT2D eigenvalue weighted by Gasteiger charge is 2.18. The maximum atomic E-state index is 13.1. The van der Waals surface area contributed by atoms with Gasteiger partial charge in [-0.15, -0.1) is 0 Å². The van der Waals surface area contributed by atoms with Crippen LogP contribution in [0.3, 0.4) is 0 Å². The summed E-state index contributed by atoms with van der Waals surface area (Å²) in [6, 6.07) is 6.20. The van der Waals surface area contributed by atoms with Crippen molar-refractivity contribution in [1.29, 1.82) is 0 Å². The van der Waals surface area contributed by atoms with Gasteiger partial charge in [-0.25, -0.2) is 4.39 Å². The normalized spacial score (nSPS) is 11.0. The van der Waals surface area contributed by atoms with E-state index in [2.05, 4.69) is 5.16 Å². The molecule has 1 aromatic carbocycles. The standard InChI is InChI=1S/C12H13FN2O/c1-7(2)10-11(16-15-12(10)14)8-4-3-5-9(13)6-8/h3-7H,1-2H3,(H2,14,15). The number of nitrogens with zero attached hydrogens (tertiary/aromatic N) is 1. The molecule has 0 bridgehead atoms. The molecule has 4 heteroatoms. The maximum absolute atomic E-state index is 13.1. The first-order valence-electron chi connectivity index (χ1n) is 5.10. The summed E-state index contributed by atoms with van der Waals surface area (Å²) >= 11 is 0. The molecule has 0 saturated carbocycles. The molecule has 0 radical (unpaired) electrons. The molecule has 0 aliphatic rings. The van der Waals surface area contributed by atoms with Crippen molar-refractivity contribution in [1.82, 2.24) is 5.16 Å². The van der Waals surface area contributed by atoms with E-state index in [4.69, 9.17) is 10.3 Å². The predicted octanol–water partition coefficient (Wildman–Crippen LogP) is 3.19. The van der Waals surface area contributed by atoms with E-state index < -0.39 is 0 Å². The van der Waals surface area contributed by atoms with Crippen LogP contribution in [0.2, 0.25) is 0 Å². The van der Waals surface area contributed by atoms with Crippen LogP contribution in [0.5, 0.6) is 0 Å². The van der Waals surface area contributed by atoms with Gasteiger partial charge in [-0.3, -0.25) is 0 Å². The van der Waals surface area contributed by atoms with E-state index in [0.29, 0.717) is 17.1 Å². The van der Waals surface area contributed by atoms with Crippen molar-refractivity contribution in [2.45, 2.75) is 19.8 Å². The smallest absolute Gasteiger partial charge is 0.172 e. The number of hydrogen-bond donors (Lipinski definition) is 1. The van der Waals surface area contributed by atoms with Crippen molar-refractivity contribution in [3.8, 4) is 11.3 Å². The molecule has 0 aliphatic heterocycles. The van der Waals surface area contributed by atoms with E-state index >= 15 is 0 Å². The second-order valence-electron chi connectivity index (χ2n) is 3.98. The molecule has 3 nitrogen and oxygen atoms in total. The fraction of sp³-hybridized carbons (Fsp3) is 0.250. The number of nitrogens with two attached hydrogens (primary N) is 1. The zero-order chi connectivity index (χ0) is 11.7. The Hall–Kier alpha value is -1.84. The number of rotatable bonds is 2. The minimum Gasteiger partial charge on any atom is -0.381 e. The molecule has 16 heavy (non-hydrogen) atoms. The largest absolute Gasteiger partial charge is 0.381 e. The third-order valence-corrected chi connectivity index (χ3v) is 2.42. The highest BCUT2D eigenvalue weighted by atomic mass is 19.1. The summed E-state index contributed by atoms with van der Waals surface area (Å²) in [5.74, 6) is 0.799. The van der Waals surface area contributed by atoms with Crippen LogP contribution in [0.1, 0.15) is 25.3 Å². The molecule has 0 atom stereocenters. The Morgan fingerprint density at radius 1 is 1.38 bits per heavy atom. The molecule has 2 rings (SSSR count). The number of nitrogen functional groups attached to an aromatic ring is 1. The average molecular weight is 220 g/mol. The number of aromatic nitrogens is 1. The first-order valence-corrected chi connectivity index (χ1v) is 5.10. The topological polar surface area (TPSA) is 52.0 Å². The second kappa shape index (κ2) is 3.96. The summed E-state index contributed by atoms with van der Waals surface area (Å²) in [6.07, 6.45) is 0. The Morgan fingerprint density at radius 3 is 2.75 bits per heavy atom. The lowest BCUT2D eigenvalue weighted by Crippen LogP contribution is -1.95. The molecular weight excluding hydrogens is 207 g/mol. The van der Waals surface area contributed by atoms with Crippen LogP contribution in [0.25, 0.3) is 11.3 Å². The lowest BCUT2D eigenvalue weighted by molar-refractivity contribution is 0.434. The molecule has 0 amide bonds. The molecule has 1 heterocycles. The van der Waals surface area contributed by atoms with Gasteiger partial charge in [0.15, 0.2) is 11.6 Å². The Morgan fingerprint density at radius 2 is 2.12 bits per heavy atom. The minimum atomic E-state index is -0.304. The molecule has 0 aliphatic carbocycles. The van der Waals surface area contributed by atoms with Gasteiger partial charge in [0.25, 0.3) is 0 Å². The monoisotopic (exact) mass is 220 g/mol. The van der Waals surface area contributed by atoms with Crippen molar-refractivity contribution in [3.63, 3.8) is 0 Å². The number of benzene rings is 1. The molecule has 1 aromatic heterocycles. The van der Waals surface area contributed by atoms with Crippen molar-refractivity contribution in [2.24, 2.45) is 0 Å². The van der Waals surface area contributed by atoms with Crippen LogP contribution < -0.4 is 5.73 Å². The van der Waals surface area contributed by atoms with E-state index in [0.717, 1.165) is 5.56 Å². The van der Waals surface area contributed by atoms with Crippen LogP contribution in [0.15, 0.2) is 28.8 Å². The van der Waals surface area contributed by atoms with Gasteiger partial charge in [0.2, 0.25) is 0 Å². The van der Waals surface area contributed by atoms with Crippen molar-refractivity contribution >= 4 is 5.82 Å². The summed E-state index contributed by atoms with van der Waals surface area (Å²) < 4.78 is 18.3. The minimum absolute atomic E-state index is 0.185. The molecule has 0 spiro atoms. The zero-order valence-corrected chi connectivity index (χ0v) is 9.20. The summed E-state index contributed by atoms with van der Waals surface area (Å²) in [5.41, 5.74) is 7.20. The van der Waals surface area contributed by atoms with Crippen LogP contribution in [0.4, 0.5) is 10.2 Å². The van der Waals surface area contributed by atoms with Gasteiger partial charge >= 0.3 is 0 Å². The maximum Gasteiger partial charge on any atom is 0.172 e. The third kappa shape index (κ3) is 1.78. The lowest BCUT2D eigenvalue weighted by atomic mass is 9.99. The van der Waals surface area contributed by atoms with E-state index in [-0.39, 0.29) is 11.7 Å². The van der Waals surface area contributed by atoms with E-state index in [1.807, 2.05) is 13.8 Å². The van der Waals surface area contributed by atoms with Crippen molar-refractivity contribution in [2.75, 3.05) is 5.73 Å². The number of halogens is 1. The highest BCUT2D eigenvalue weighted by Crippen LogP contribution is 2.33. The number of hydrogen-bond acceptors (Lipinski definition) is 3. The van der Waals surface area contributed by atoms with Gasteiger partial charge < -0.3 is 10.3 Å². The van der Waals surface area contributed by atoms with Gasteiger partial charge in [-0.2, -0.15) is 0 Å². The van der Waals surface area contributed by atoms with Crippen LogP contribution in [-0.2, 0) is 0 Å². The third-order valence-electron chi connectivity index (χ3n) is 2.42. The molecule has 2 aromatic rings. The van der Waals surface area contributed by atoms with Gasteiger partial charge in [0.1, 0.15) is 5.82 Å². The van der Waals surface area contributed by atoms with Crippen LogP contribution >= 0.6 is 0 Å². The molecule has 0 saturated heterocycles. The number of anilines is 1. The van der Waals surface area contributed by atoms with Crippen molar-refractivity contribution in [3.05, 3.63) is 35.6 Å². The van der Waals surface area contributed by atoms with Gasteiger partial charge in [-0.05, 0) is 18.1 Å². The Labute approximate surface area is 93.1 Å². The Balaban J connectivity index is 2.56. The molecule has 0 unspecified atom stereocenters. The lowest BCUT2D eigenvalue weighted by Gasteiger charge is -2.05. The fourth-order valence-electron chi connectivity index (χ4n) is 1.71. The molecule has 0 fully saturated rings. The zero-order valence-electron chi connectivity index (χ0n) is 9.20. The molecule has 84 valence electrons. The quantitative estimate of drug-likeness (QED) is 0.845. The first-order chi connectivity index (χ1) is 7.59. The Kier molecular flexibility index (Phi) is 2.64. The average Bonchev–Trinajstić information content (AvgIpc) is 2.60. The first kappa shape index (κ1) is 10.7. The summed E-state index contributed by atoms with van der Waals surface area (Å²) in [4.78, 5) is 0.